The number of rotatable bonds is 3. The van der Waals surface area contributed by atoms with Crippen molar-refractivity contribution in [3.05, 3.63) is 34.4 Å². The van der Waals surface area contributed by atoms with Crippen molar-refractivity contribution in [1.29, 1.82) is 0 Å². The van der Waals surface area contributed by atoms with E-state index < -0.39 is 14.9 Å². The van der Waals surface area contributed by atoms with Gasteiger partial charge in [-0.25, -0.2) is 8.42 Å². The van der Waals surface area contributed by atoms with Gasteiger partial charge in [0.25, 0.3) is 5.69 Å². The second kappa shape index (κ2) is 5.60. The molecule has 2 heterocycles. The molecule has 22 heavy (non-hydrogen) atoms. The van der Waals surface area contributed by atoms with Gasteiger partial charge in [0.05, 0.1) is 4.92 Å². The van der Waals surface area contributed by atoms with E-state index in [2.05, 4.69) is 5.32 Å². The van der Waals surface area contributed by atoms with Crippen molar-refractivity contribution >= 4 is 15.7 Å². The zero-order chi connectivity index (χ0) is 15.8. The van der Waals surface area contributed by atoms with Gasteiger partial charge in [-0.2, -0.15) is 4.31 Å². The van der Waals surface area contributed by atoms with Crippen LogP contribution in [-0.4, -0.2) is 42.8 Å². The Morgan fingerprint density at radius 1 is 1.23 bits per heavy atom. The molecular formula is C14H19N3O4S. The number of nitro benzene ring substituents is 1. The van der Waals surface area contributed by atoms with Gasteiger partial charge in [0, 0.05) is 24.7 Å². The first-order chi connectivity index (χ1) is 10.4. The summed E-state index contributed by atoms with van der Waals surface area (Å²) < 4.78 is 26.9. The number of nitrogens with one attached hydrogen (secondary N) is 1. The number of nitro groups is 1. The first-order valence-electron chi connectivity index (χ1n) is 7.43. The molecule has 7 nitrogen and oxygen atoms in total. The highest BCUT2D eigenvalue weighted by Gasteiger charge is 2.44. The topological polar surface area (TPSA) is 92.5 Å². The Balaban J connectivity index is 1.90. The van der Waals surface area contributed by atoms with Gasteiger partial charge in [-0.3, -0.25) is 10.1 Å². The van der Waals surface area contributed by atoms with Crippen LogP contribution in [0.2, 0.25) is 0 Å². The maximum absolute atomic E-state index is 12.8. The summed E-state index contributed by atoms with van der Waals surface area (Å²) in [7, 11) is -3.84. The van der Waals surface area contributed by atoms with Crippen LogP contribution < -0.4 is 5.32 Å². The van der Waals surface area contributed by atoms with Crippen LogP contribution in [-0.2, 0) is 10.0 Å². The van der Waals surface area contributed by atoms with Gasteiger partial charge >= 0.3 is 0 Å². The Morgan fingerprint density at radius 3 is 2.68 bits per heavy atom. The molecule has 2 aliphatic heterocycles. The molecule has 1 aromatic carbocycles. The molecule has 1 unspecified atom stereocenters. The number of piperidine rings is 1. The van der Waals surface area contributed by atoms with Crippen LogP contribution in [0.1, 0.15) is 25.7 Å². The lowest BCUT2D eigenvalue weighted by Gasteiger charge is -2.34. The van der Waals surface area contributed by atoms with E-state index in [0.717, 1.165) is 32.2 Å². The molecule has 0 bridgehead atoms. The average molecular weight is 325 g/mol. The molecule has 0 aliphatic carbocycles. The van der Waals surface area contributed by atoms with E-state index >= 15 is 0 Å². The zero-order valence-corrected chi connectivity index (χ0v) is 13.0. The molecule has 1 aromatic rings. The highest BCUT2D eigenvalue weighted by atomic mass is 32.2. The molecule has 8 heteroatoms. The van der Waals surface area contributed by atoms with Crippen molar-refractivity contribution in [2.45, 2.75) is 36.1 Å². The molecule has 2 saturated heterocycles. The maximum atomic E-state index is 12.8. The third kappa shape index (κ3) is 2.62. The summed E-state index contributed by atoms with van der Waals surface area (Å²) in [6.07, 6.45) is 3.91. The largest absolute Gasteiger partial charge is 0.310 e. The van der Waals surface area contributed by atoms with Crippen LogP contribution in [0, 0.1) is 10.1 Å². The molecule has 0 aromatic heterocycles. The molecule has 0 radical (unpaired) electrons. The number of nitrogens with zero attached hydrogens (tertiary/aromatic N) is 2. The molecule has 1 atom stereocenters. The summed E-state index contributed by atoms with van der Waals surface area (Å²) in [6.45, 7) is 1.70. The van der Waals surface area contributed by atoms with Crippen LogP contribution >= 0.6 is 0 Å². The summed E-state index contributed by atoms with van der Waals surface area (Å²) >= 11 is 0. The van der Waals surface area contributed by atoms with Crippen molar-refractivity contribution < 1.29 is 13.3 Å². The highest BCUT2D eigenvalue weighted by Crippen LogP contribution is 2.34. The van der Waals surface area contributed by atoms with Gasteiger partial charge in [0.15, 0.2) is 4.90 Å². The third-order valence-electron chi connectivity index (χ3n) is 4.58. The Morgan fingerprint density at radius 2 is 2.00 bits per heavy atom. The van der Waals surface area contributed by atoms with Crippen molar-refractivity contribution in [1.82, 2.24) is 9.62 Å². The quantitative estimate of drug-likeness (QED) is 0.671. The minimum atomic E-state index is -3.84. The lowest BCUT2D eigenvalue weighted by atomic mass is 9.88. The summed E-state index contributed by atoms with van der Waals surface area (Å²) in [5, 5.41) is 14.5. The van der Waals surface area contributed by atoms with Crippen LogP contribution in [0.5, 0.6) is 0 Å². The minimum absolute atomic E-state index is 0.158. The van der Waals surface area contributed by atoms with E-state index in [0.29, 0.717) is 13.1 Å². The highest BCUT2D eigenvalue weighted by molar-refractivity contribution is 7.89. The van der Waals surface area contributed by atoms with Crippen molar-refractivity contribution in [2.24, 2.45) is 0 Å². The molecule has 2 fully saturated rings. The Bertz CT molecular complexity index is 683. The smallest absolute Gasteiger partial charge is 0.289 e. The number of sulfonamides is 1. The fourth-order valence-corrected chi connectivity index (χ4v) is 5.07. The molecule has 3 rings (SSSR count). The molecule has 0 saturated carbocycles. The molecule has 1 spiro atoms. The van der Waals surface area contributed by atoms with Gasteiger partial charge in [-0.05, 0) is 31.9 Å². The fraction of sp³-hybridized carbons (Fsp3) is 0.571. The molecule has 0 amide bonds. The monoisotopic (exact) mass is 325 g/mol. The Hall–Kier alpha value is -1.51. The fourth-order valence-electron chi connectivity index (χ4n) is 3.38. The second-order valence-electron chi connectivity index (χ2n) is 5.98. The lowest BCUT2D eigenvalue weighted by Crippen LogP contribution is -2.50. The van der Waals surface area contributed by atoms with Gasteiger partial charge in [-0.1, -0.05) is 18.6 Å². The summed E-state index contributed by atoms with van der Waals surface area (Å²) in [5.74, 6) is 0. The van der Waals surface area contributed by atoms with Crippen molar-refractivity contribution in [2.75, 3.05) is 19.6 Å². The summed E-state index contributed by atoms with van der Waals surface area (Å²) in [4.78, 5) is 10.2. The Labute approximate surface area is 129 Å². The maximum Gasteiger partial charge on any atom is 0.289 e. The van der Waals surface area contributed by atoms with Crippen LogP contribution in [0.4, 0.5) is 5.69 Å². The van der Waals surface area contributed by atoms with Gasteiger partial charge in [-0.15, -0.1) is 0 Å². The Kier molecular flexibility index (Phi) is 3.92. The normalized spacial score (nSPS) is 26.4. The van der Waals surface area contributed by atoms with E-state index in [4.69, 9.17) is 0 Å². The second-order valence-corrected chi connectivity index (χ2v) is 7.88. The SMILES string of the molecule is O=[N+]([O-])c1ccccc1S(=O)(=O)N1CCC2(CCCCN2)C1. The number of hydrogen-bond donors (Lipinski definition) is 1. The van der Waals surface area contributed by atoms with Gasteiger partial charge in [0.1, 0.15) is 0 Å². The van der Waals surface area contributed by atoms with E-state index in [-0.39, 0.29) is 16.1 Å². The van der Waals surface area contributed by atoms with E-state index in [1.807, 2.05) is 0 Å². The van der Waals surface area contributed by atoms with Crippen molar-refractivity contribution in [3.63, 3.8) is 0 Å². The van der Waals surface area contributed by atoms with E-state index in [9.17, 15) is 18.5 Å². The number of hydrogen-bond acceptors (Lipinski definition) is 5. The van der Waals surface area contributed by atoms with Gasteiger partial charge < -0.3 is 5.32 Å². The minimum Gasteiger partial charge on any atom is -0.310 e. The number of benzene rings is 1. The third-order valence-corrected chi connectivity index (χ3v) is 6.47. The van der Waals surface area contributed by atoms with E-state index in [1.54, 1.807) is 0 Å². The first kappa shape index (κ1) is 15.4. The van der Waals surface area contributed by atoms with E-state index in [1.165, 1.54) is 28.6 Å². The zero-order valence-electron chi connectivity index (χ0n) is 12.2. The molecule has 120 valence electrons. The molecule has 2 aliphatic rings. The first-order valence-corrected chi connectivity index (χ1v) is 8.87. The van der Waals surface area contributed by atoms with Crippen LogP contribution in [0.15, 0.2) is 29.2 Å². The number of para-hydroxylation sites is 1. The molecular weight excluding hydrogens is 306 g/mol. The van der Waals surface area contributed by atoms with Crippen molar-refractivity contribution in [3.8, 4) is 0 Å². The predicted molar refractivity (Wildman–Crippen MR) is 81.1 cm³/mol. The predicted octanol–water partition coefficient (Wildman–Crippen LogP) is 1.50. The summed E-state index contributed by atoms with van der Waals surface area (Å²) in [6, 6.07) is 5.54. The summed E-state index contributed by atoms with van der Waals surface area (Å²) in [5.41, 5.74) is -0.519. The average Bonchev–Trinajstić information content (AvgIpc) is 2.92. The standard InChI is InChI=1S/C14H19N3O4S/c18-17(19)12-5-1-2-6-13(12)22(20,21)16-10-8-14(11-16)7-3-4-9-15-14/h1-2,5-6,15H,3-4,7-11H2. The molecule has 1 N–H and O–H groups in total. The van der Waals surface area contributed by atoms with Crippen LogP contribution in [0.3, 0.4) is 0 Å². The van der Waals surface area contributed by atoms with Crippen LogP contribution in [0.25, 0.3) is 0 Å². The van der Waals surface area contributed by atoms with Gasteiger partial charge in [0.2, 0.25) is 10.0 Å². The lowest BCUT2D eigenvalue weighted by molar-refractivity contribution is -0.387.